The van der Waals surface area contributed by atoms with Gasteiger partial charge in [0.15, 0.2) is 0 Å². The Morgan fingerprint density at radius 3 is 2.33 bits per heavy atom. The molecule has 76 valence electrons. The van der Waals surface area contributed by atoms with Crippen LogP contribution in [-0.2, 0) is 6.54 Å². The number of nitriles is 1. The van der Waals surface area contributed by atoms with E-state index in [4.69, 9.17) is 11.0 Å². The maximum atomic E-state index is 8.92. The molecule has 0 saturated heterocycles. The molecule has 2 nitrogen and oxygen atoms in total. The van der Waals surface area contributed by atoms with Gasteiger partial charge in [-0.15, -0.1) is 12.4 Å². The number of nitrogens with two attached hydrogens (primary N) is 1. The minimum absolute atomic E-state index is 0. The van der Waals surface area contributed by atoms with Crippen molar-refractivity contribution in [2.24, 2.45) is 5.73 Å². The highest BCUT2D eigenvalue weighted by Crippen LogP contribution is 2.21. The number of hydrogen-bond acceptors (Lipinski definition) is 2. The maximum absolute atomic E-state index is 8.92. The SMILES string of the molecule is Cl.N#Cc1ccc(CN)c2ccccc12. The third kappa shape index (κ3) is 1.94. The Hall–Kier alpha value is -1.56. The quantitative estimate of drug-likeness (QED) is 0.800. The Morgan fingerprint density at radius 2 is 1.73 bits per heavy atom. The second-order valence-corrected chi connectivity index (χ2v) is 3.13. The summed E-state index contributed by atoms with van der Waals surface area (Å²) >= 11 is 0. The lowest BCUT2D eigenvalue weighted by Gasteiger charge is -2.04. The van der Waals surface area contributed by atoms with Gasteiger partial charge in [0.1, 0.15) is 0 Å². The smallest absolute Gasteiger partial charge is 0.0998 e. The van der Waals surface area contributed by atoms with Crippen molar-refractivity contribution in [3.63, 3.8) is 0 Å². The standard InChI is InChI=1S/C12H10N2.ClH/c13-7-9-5-6-10(8-14)12-4-2-1-3-11(9)12;/h1-6H,7,13H2;1H. The highest BCUT2D eigenvalue weighted by Gasteiger charge is 2.02. The molecule has 3 heteroatoms. The molecule has 15 heavy (non-hydrogen) atoms. The zero-order chi connectivity index (χ0) is 9.97. The summed E-state index contributed by atoms with van der Waals surface area (Å²) in [4.78, 5) is 0. The first-order valence-electron chi connectivity index (χ1n) is 4.47. The van der Waals surface area contributed by atoms with Crippen LogP contribution in [0.1, 0.15) is 11.1 Å². The first-order valence-corrected chi connectivity index (χ1v) is 4.47. The summed E-state index contributed by atoms with van der Waals surface area (Å²) in [5.74, 6) is 0. The highest BCUT2D eigenvalue weighted by molar-refractivity contribution is 5.90. The van der Waals surface area contributed by atoms with Gasteiger partial charge in [-0.05, 0) is 22.4 Å². The molecular weight excluding hydrogens is 208 g/mol. The van der Waals surface area contributed by atoms with E-state index >= 15 is 0 Å². The van der Waals surface area contributed by atoms with Gasteiger partial charge in [0.25, 0.3) is 0 Å². The van der Waals surface area contributed by atoms with E-state index in [1.54, 1.807) is 0 Å². The van der Waals surface area contributed by atoms with E-state index in [1.165, 1.54) is 0 Å². The van der Waals surface area contributed by atoms with Crippen LogP contribution in [0.2, 0.25) is 0 Å². The lowest BCUT2D eigenvalue weighted by atomic mass is 10.0. The van der Waals surface area contributed by atoms with Crippen LogP contribution in [0, 0.1) is 11.3 Å². The van der Waals surface area contributed by atoms with Crippen molar-refractivity contribution in [1.82, 2.24) is 0 Å². The monoisotopic (exact) mass is 218 g/mol. The van der Waals surface area contributed by atoms with Gasteiger partial charge >= 0.3 is 0 Å². The molecule has 0 spiro atoms. The molecule has 2 rings (SSSR count). The second kappa shape index (κ2) is 4.79. The fourth-order valence-corrected chi connectivity index (χ4v) is 1.64. The van der Waals surface area contributed by atoms with Crippen LogP contribution in [0.25, 0.3) is 10.8 Å². The van der Waals surface area contributed by atoms with Crippen LogP contribution in [0.15, 0.2) is 36.4 Å². The van der Waals surface area contributed by atoms with E-state index in [2.05, 4.69) is 6.07 Å². The van der Waals surface area contributed by atoms with E-state index in [9.17, 15) is 0 Å². The largest absolute Gasteiger partial charge is 0.326 e. The lowest BCUT2D eigenvalue weighted by molar-refractivity contribution is 1.09. The number of halogens is 1. The van der Waals surface area contributed by atoms with Gasteiger partial charge in [-0.2, -0.15) is 5.26 Å². The summed E-state index contributed by atoms with van der Waals surface area (Å²) in [6.07, 6.45) is 0. The molecule has 0 heterocycles. The molecular formula is C12H11ClN2. The fraction of sp³-hybridized carbons (Fsp3) is 0.0833. The molecule has 0 amide bonds. The average molecular weight is 219 g/mol. The van der Waals surface area contributed by atoms with Crippen LogP contribution in [-0.4, -0.2) is 0 Å². The van der Waals surface area contributed by atoms with E-state index < -0.39 is 0 Å². The van der Waals surface area contributed by atoms with E-state index in [-0.39, 0.29) is 12.4 Å². The number of hydrogen-bond donors (Lipinski definition) is 1. The molecule has 2 aromatic rings. The normalized spacial score (nSPS) is 9.33. The minimum Gasteiger partial charge on any atom is -0.326 e. The zero-order valence-electron chi connectivity index (χ0n) is 8.10. The summed E-state index contributed by atoms with van der Waals surface area (Å²) in [5.41, 5.74) is 7.41. The van der Waals surface area contributed by atoms with Gasteiger partial charge in [-0.25, -0.2) is 0 Å². The van der Waals surface area contributed by atoms with Crippen molar-refractivity contribution in [2.45, 2.75) is 6.54 Å². The predicted octanol–water partition coefficient (Wildman–Crippen LogP) is 2.59. The van der Waals surface area contributed by atoms with Crippen molar-refractivity contribution in [2.75, 3.05) is 0 Å². The first kappa shape index (κ1) is 11.5. The third-order valence-corrected chi connectivity index (χ3v) is 2.35. The summed E-state index contributed by atoms with van der Waals surface area (Å²) in [7, 11) is 0. The highest BCUT2D eigenvalue weighted by atomic mass is 35.5. The van der Waals surface area contributed by atoms with Crippen molar-refractivity contribution < 1.29 is 0 Å². The molecule has 0 unspecified atom stereocenters. The Morgan fingerprint density at radius 1 is 1.07 bits per heavy atom. The molecule has 0 aliphatic carbocycles. The number of nitrogens with zero attached hydrogens (tertiary/aromatic N) is 1. The van der Waals surface area contributed by atoms with Crippen molar-refractivity contribution in [3.8, 4) is 6.07 Å². The summed E-state index contributed by atoms with van der Waals surface area (Å²) < 4.78 is 0. The Bertz CT molecular complexity index is 515. The molecule has 0 aromatic heterocycles. The Balaban J connectivity index is 0.00000112. The van der Waals surface area contributed by atoms with E-state index in [0.717, 1.165) is 16.3 Å². The second-order valence-electron chi connectivity index (χ2n) is 3.13. The molecule has 0 aliphatic rings. The first-order chi connectivity index (χ1) is 6.86. The van der Waals surface area contributed by atoms with Crippen LogP contribution in [0.5, 0.6) is 0 Å². The van der Waals surface area contributed by atoms with Crippen molar-refractivity contribution in [1.29, 1.82) is 5.26 Å². The number of rotatable bonds is 1. The fourth-order valence-electron chi connectivity index (χ4n) is 1.64. The van der Waals surface area contributed by atoms with Crippen molar-refractivity contribution in [3.05, 3.63) is 47.5 Å². The van der Waals surface area contributed by atoms with Crippen LogP contribution < -0.4 is 5.73 Å². The molecule has 0 saturated carbocycles. The molecule has 0 atom stereocenters. The Labute approximate surface area is 94.7 Å². The van der Waals surface area contributed by atoms with Crippen LogP contribution >= 0.6 is 12.4 Å². The number of fused-ring (bicyclic) bond motifs is 1. The van der Waals surface area contributed by atoms with Gasteiger partial charge in [0.2, 0.25) is 0 Å². The molecule has 0 bridgehead atoms. The molecule has 0 fully saturated rings. The molecule has 0 aliphatic heterocycles. The molecule has 2 aromatic carbocycles. The van der Waals surface area contributed by atoms with Gasteiger partial charge < -0.3 is 5.73 Å². The minimum atomic E-state index is 0. The summed E-state index contributed by atoms with van der Waals surface area (Å²) in [6.45, 7) is 0.506. The number of benzene rings is 2. The van der Waals surface area contributed by atoms with Gasteiger partial charge in [-0.1, -0.05) is 30.3 Å². The van der Waals surface area contributed by atoms with Crippen molar-refractivity contribution >= 4 is 23.2 Å². The lowest BCUT2D eigenvalue weighted by Crippen LogP contribution is -1.97. The topological polar surface area (TPSA) is 49.8 Å². The van der Waals surface area contributed by atoms with E-state index in [1.807, 2.05) is 36.4 Å². The summed E-state index contributed by atoms with van der Waals surface area (Å²) in [6, 6.07) is 13.8. The third-order valence-electron chi connectivity index (χ3n) is 2.35. The molecule has 0 radical (unpaired) electrons. The van der Waals surface area contributed by atoms with Crippen LogP contribution in [0.4, 0.5) is 0 Å². The van der Waals surface area contributed by atoms with Crippen LogP contribution in [0.3, 0.4) is 0 Å². The predicted molar refractivity (Wildman–Crippen MR) is 63.8 cm³/mol. The summed E-state index contributed by atoms with van der Waals surface area (Å²) in [5, 5.41) is 11.0. The van der Waals surface area contributed by atoms with Gasteiger partial charge in [0.05, 0.1) is 11.6 Å². The maximum Gasteiger partial charge on any atom is 0.0998 e. The van der Waals surface area contributed by atoms with Gasteiger partial charge in [-0.3, -0.25) is 0 Å². The molecule has 2 N–H and O–H groups in total. The average Bonchev–Trinajstić information content (AvgIpc) is 2.27. The van der Waals surface area contributed by atoms with Gasteiger partial charge in [0, 0.05) is 6.54 Å². The zero-order valence-corrected chi connectivity index (χ0v) is 8.92. The Kier molecular flexibility index (Phi) is 3.68. The van der Waals surface area contributed by atoms with E-state index in [0.29, 0.717) is 12.1 Å².